The van der Waals surface area contributed by atoms with Crippen LogP contribution in [0.25, 0.3) is 10.9 Å². The Bertz CT molecular complexity index is 1350. The van der Waals surface area contributed by atoms with Crippen molar-refractivity contribution in [2.24, 2.45) is 0 Å². The van der Waals surface area contributed by atoms with E-state index in [1.165, 1.54) is 18.2 Å². The Balaban J connectivity index is 1.83. The number of hydrogen-bond donors (Lipinski definition) is 4. The van der Waals surface area contributed by atoms with Gasteiger partial charge >= 0.3 is 12.1 Å². The Labute approximate surface area is 182 Å². The predicted molar refractivity (Wildman–Crippen MR) is 106 cm³/mol. The summed E-state index contributed by atoms with van der Waals surface area (Å²) in [6.45, 7) is -0.975. The molecular formula is C21H16F4N3O5+. The Morgan fingerprint density at radius 1 is 1.15 bits per heavy atom. The number of aromatic hydroxyl groups is 1. The Morgan fingerprint density at radius 3 is 2.42 bits per heavy atom. The minimum atomic E-state index is -4.52. The molecule has 8 nitrogen and oxygen atoms in total. The topological polar surface area (TPSA) is 125 Å². The second-order valence-corrected chi connectivity index (χ2v) is 7.47. The maximum absolute atomic E-state index is 14.6. The first-order valence-corrected chi connectivity index (χ1v) is 9.59. The molecule has 3 aromatic rings. The van der Waals surface area contributed by atoms with Gasteiger partial charge in [-0.25, -0.2) is 4.39 Å². The van der Waals surface area contributed by atoms with E-state index in [0.29, 0.717) is 11.3 Å². The van der Waals surface area contributed by atoms with Gasteiger partial charge in [-0.3, -0.25) is 19.0 Å². The molecule has 0 fully saturated rings. The number of aromatic nitrogens is 1. The van der Waals surface area contributed by atoms with Crippen molar-refractivity contribution in [1.29, 1.82) is 0 Å². The van der Waals surface area contributed by atoms with Crippen LogP contribution in [0.5, 0.6) is 5.75 Å². The van der Waals surface area contributed by atoms with E-state index in [1.54, 1.807) is 5.32 Å². The SMILES string of the molecule is O=C(O)CNC(=O)c1c(O)c2c(F)ccc3c2n(c1=O)CC(c1ccc(C(F)(F)F)cc1)[NH2+]3. The summed E-state index contributed by atoms with van der Waals surface area (Å²) >= 11 is 0. The monoisotopic (exact) mass is 466 g/mol. The van der Waals surface area contributed by atoms with Gasteiger partial charge in [0.05, 0.1) is 17.5 Å². The molecule has 0 aliphatic carbocycles. The molecule has 12 heteroatoms. The number of quaternary nitrogens is 1. The van der Waals surface area contributed by atoms with Gasteiger partial charge in [0, 0.05) is 11.6 Å². The third-order valence-electron chi connectivity index (χ3n) is 5.41. The van der Waals surface area contributed by atoms with Gasteiger partial charge in [0.1, 0.15) is 35.2 Å². The van der Waals surface area contributed by atoms with Crippen molar-refractivity contribution in [2.45, 2.75) is 18.8 Å². The van der Waals surface area contributed by atoms with Crippen molar-refractivity contribution >= 4 is 28.5 Å². The highest BCUT2D eigenvalue weighted by Gasteiger charge is 2.34. The van der Waals surface area contributed by atoms with E-state index < -0.39 is 64.3 Å². The molecular weight excluding hydrogens is 450 g/mol. The summed E-state index contributed by atoms with van der Waals surface area (Å²) in [6, 6.07) is 6.13. The highest BCUT2D eigenvalue weighted by Crippen LogP contribution is 2.35. The van der Waals surface area contributed by atoms with Crippen molar-refractivity contribution in [3.05, 3.63) is 69.3 Å². The molecule has 1 aliphatic rings. The summed E-state index contributed by atoms with van der Waals surface area (Å²) in [5.41, 5.74) is -1.84. The lowest BCUT2D eigenvalue weighted by atomic mass is 9.99. The van der Waals surface area contributed by atoms with Crippen molar-refractivity contribution in [2.75, 3.05) is 6.54 Å². The number of aliphatic carboxylic acids is 1. The molecule has 0 bridgehead atoms. The van der Waals surface area contributed by atoms with E-state index in [2.05, 4.69) is 0 Å². The molecule has 2 heterocycles. The molecule has 0 spiro atoms. The summed E-state index contributed by atoms with van der Waals surface area (Å²) in [4.78, 5) is 36.2. The van der Waals surface area contributed by atoms with Crippen molar-refractivity contribution in [3.8, 4) is 5.75 Å². The van der Waals surface area contributed by atoms with Crippen LogP contribution in [0.1, 0.15) is 27.5 Å². The van der Waals surface area contributed by atoms with Gasteiger partial charge < -0.3 is 20.8 Å². The molecule has 5 N–H and O–H groups in total. The molecule has 1 aliphatic heterocycles. The zero-order chi connectivity index (χ0) is 24.1. The van der Waals surface area contributed by atoms with E-state index in [4.69, 9.17) is 5.11 Å². The van der Waals surface area contributed by atoms with Crippen molar-refractivity contribution in [1.82, 2.24) is 9.88 Å². The van der Waals surface area contributed by atoms with Crippen LogP contribution in [-0.2, 0) is 17.5 Å². The van der Waals surface area contributed by atoms with Gasteiger partial charge in [-0.05, 0) is 18.2 Å². The third kappa shape index (κ3) is 3.89. The summed E-state index contributed by atoms with van der Waals surface area (Å²) in [5.74, 6) is -4.42. The number of nitrogens with one attached hydrogen (secondary N) is 1. The van der Waals surface area contributed by atoms with Crippen LogP contribution in [0.15, 0.2) is 41.2 Å². The van der Waals surface area contributed by atoms with Crippen molar-refractivity contribution in [3.63, 3.8) is 0 Å². The Kier molecular flexibility index (Phi) is 5.32. The molecule has 0 saturated carbocycles. The van der Waals surface area contributed by atoms with Crippen LogP contribution in [0, 0.1) is 5.82 Å². The Morgan fingerprint density at radius 2 is 1.82 bits per heavy atom. The van der Waals surface area contributed by atoms with E-state index in [-0.39, 0.29) is 12.1 Å². The number of amides is 1. The van der Waals surface area contributed by atoms with Gasteiger partial charge in [0.15, 0.2) is 5.69 Å². The van der Waals surface area contributed by atoms with Crippen molar-refractivity contribution < 1.29 is 42.7 Å². The quantitative estimate of drug-likeness (QED) is 0.344. The van der Waals surface area contributed by atoms with Crippen LogP contribution >= 0.6 is 0 Å². The number of rotatable bonds is 4. The zero-order valence-electron chi connectivity index (χ0n) is 16.6. The zero-order valence-corrected chi connectivity index (χ0v) is 16.6. The van der Waals surface area contributed by atoms with Gasteiger partial charge in [0.2, 0.25) is 0 Å². The minimum Gasteiger partial charge on any atom is -0.506 e. The summed E-state index contributed by atoms with van der Waals surface area (Å²) in [6.07, 6.45) is -4.52. The smallest absolute Gasteiger partial charge is 0.416 e. The number of nitrogens with zero attached hydrogens (tertiary/aromatic N) is 1. The Hall–Kier alpha value is -3.93. The lowest BCUT2D eigenvalue weighted by Crippen LogP contribution is -2.82. The number of carboxylic acid groups (broad SMARTS) is 1. The number of carboxylic acids is 1. The van der Waals surface area contributed by atoms with Gasteiger partial charge in [-0.1, -0.05) is 12.1 Å². The molecule has 1 aromatic heterocycles. The lowest BCUT2D eigenvalue weighted by molar-refractivity contribution is -0.621. The number of hydrogen-bond acceptors (Lipinski definition) is 4. The molecule has 0 saturated heterocycles. The molecule has 4 rings (SSSR count). The number of nitrogens with two attached hydrogens (primary N) is 1. The van der Waals surface area contributed by atoms with Gasteiger partial charge in [0.25, 0.3) is 11.5 Å². The second-order valence-electron chi connectivity index (χ2n) is 7.47. The number of pyridine rings is 1. The molecule has 172 valence electrons. The lowest BCUT2D eigenvalue weighted by Gasteiger charge is -2.26. The number of benzene rings is 2. The molecule has 33 heavy (non-hydrogen) atoms. The number of halogens is 4. The molecule has 0 radical (unpaired) electrons. The summed E-state index contributed by atoms with van der Waals surface area (Å²) < 4.78 is 54.3. The predicted octanol–water partition coefficient (Wildman–Crippen LogP) is 1.63. The standard InChI is InChI=1S/C21H15F4N3O5/c22-11-5-6-12-17-15(11)18(31)16(19(32)26-7-14(29)30)20(33)28(17)8-13(27-12)9-1-3-10(4-2-9)21(23,24)25/h1-6,13,27,31H,7-8H2,(H,26,32)(H,29,30)/p+1. The normalized spacial score (nSPS) is 15.5. The summed E-state index contributed by atoms with van der Waals surface area (Å²) in [7, 11) is 0. The summed E-state index contributed by atoms with van der Waals surface area (Å²) in [5, 5.41) is 22.5. The van der Waals surface area contributed by atoms with Gasteiger partial charge in [-0.15, -0.1) is 0 Å². The maximum atomic E-state index is 14.6. The first-order valence-electron chi connectivity index (χ1n) is 9.59. The number of carbonyl (C=O) groups excluding carboxylic acids is 1. The maximum Gasteiger partial charge on any atom is 0.416 e. The van der Waals surface area contributed by atoms with Crippen LogP contribution in [0.3, 0.4) is 0 Å². The van der Waals surface area contributed by atoms with Gasteiger partial charge in [-0.2, -0.15) is 13.2 Å². The highest BCUT2D eigenvalue weighted by molar-refractivity contribution is 6.04. The van der Waals surface area contributed by atoms with E-state index in [1.807, 2.05) is 5.32 Å². The number of alkyl halides is 3. The van der Waals surface area contributed by atoms with E-state index in [0.717, 1.165) is 22.8 Å². The van der Waals surface area contributed by atoms with E-state index >= 15 is 0 Å². The average Bonchev–Trinajstić information content (AvgIpc) is 2.75. The number of carbonyl (C=O) groups is 2. The average molecular weight is 466 g/mol. The second kappa shape index (κ2) is 7.89. The first kappa shape index (κ1) is 22.3. The van der Waals surface area contributed by atoms with Crippen LogP contribution < -0.4 is 16.2 Å². The van der Waals surface area contributed by atoms with E-state index in [9.17, 15) is 37.1 Å². The van der Waals surface area contributed by atoms with Crippen LogP contribution in [0.2, 0.25) is 0 Å². The third-order valence-corrected chi connectivity index (χ3v) is 5.41. The fourth-order valence-corrected chi connectivity index (χ4v) is 3.91. The highest BCUT2D eigenvalue weighted by atomic mass is 19.4. The molecule has 2 aromatic carbocycles. The molecule has 1 atom stereocenters. The fourth-order valence-electron chi connectivity index (χ4n) is 3.91. The fraction of sp³-hybridized carbons (Fsp3) is 0.190. The molecule has 1 amide bonds. The van der Waals surface area contributed by atoms with Crippen LogP contribution in [0.4, 0.5) is 23.2 Å². The largest absolute Gasteiger partial charge is 0.506 e. The van der Waals surface area contributed by atoms with Crippen LogP contribution in [-0.4, -0.2) is 33.2 Å². The molecule has 1 unspecified atom stereocenters. The first-order chi connectivity index (χ1) is 15.5. The minimum absolute atomic E-state index is 0.0236.